The highest BCUT2D eigenvalue weighted by Crippen LogP contribution is 2.28. The molecule has 1 atom stereocenters. The maximum absolute atomic E-state index is 12.7. The number of carbonyl (C=O) groups is 3. The molecule has 11 heteroatoms. The summed E-state index contributed by atoms with van der Waals surface area (Å²) in [7, 11) is -2.54. The number of fused-ring (bicyclic) bond motifs is 1. The van der Waals surface area contributed by atoms with Crippen LogP contribution in [-0.4, -0.2) is 67.1 Å². The molecule has 0 spiro atoms. The summed E-state index contributed by atoms with van der Waals surface area (Å²) in [5.74, 6) is -2.03. The third kappa shape index (κ3) is 4.78. The van der Waals surface area contributed by atoms with Gasteiger partial charge in [-0.25, -0.2) is 18.2 Å². The number of amides is 2. The lowest BCUT2D eigenvalue weighted by Crippen LogP contribution is -2.47. The fourth-order valence-electron chi connectivity index (χ4n) is 4.11. The predicted molar refractivity (Wildman–Crippen MR) is 131 cm³/mol. The van der Waals surface area contributed by atoms with Gasteiger partial charge in [-0.1, -0.05) is 24.3 Å². The van der Waals surface area contributed by atoms with E-state index >= 15 is 0 Å². The molecule has 0 aliphatic carbocycles. The van der Waals surface area contributed by atoms with Gasteiger partial charge >= 0.3 is 5.97 Å². The molecule has 3 aromatic rings. The van der Waals surface area contributed by atoms with Crippen molar-refractivity contribution in [2.45, 2.75) is 12.5 Å². The van der Waals surface area contributed by atoms with E-state index in [0.717, 1.165) is 26.6 Å². The number of benzene rings is 2. The Balaban J connectivity index is 1.59. The maximum atomic E-state index is 12.7. The van der Waals surface area contributed by atoms with Gasteiger partial charge in [0.15, 0.2) is 0 Å². The molecule has 0 fully saturated rings. The van der Waals surface area contributed by atoms with E-state index in [1.54, 1.807) is 42.6 Å². The Morgan fingerprint density at radius 3 is 2.06 bits per heavy atom. The van der Waals surface area contributed by atoms with Crippen LogP contribution in [0.2, 0.25) is 0 Å². The molecule has 2 amide bonds. The highest BCUT2D eigenvalue weighted by atomic mass is 32.2. The van der Waals surface area contributed by atoms with E-state index < -0.39 is 33.8 Å². The van der Waals surface area contributed by atoms with Crippen molar-refractivity contribution < 1.29 is 32.6 Å². The lowest BCUT2D eigenvalue weighted by Gasteiger charge is -2.30. The molecular formula is C25H23N3O7S. The number of ether oxygens (including phenoxy) is 1. The molecule has 10 nitrogen and oxygen atoms in total. The van der Waals surface area contributed by atoms with Crippen LogP contribution in [0.3, 0.4) is 0 Å². The van der Waals surface area contributed by atoms with Crippen molar-refractivity contribution in [3.63, 3.8) is 0 Å². The lowest BCUT2D eigenvalue weighted by molar-refractivity contribution is -0.138. The molecule has 1 N–H and O–H groups in total. The third-order valence-corrected chi connectivity index (χ3v) is 7.01. The van der Waals surface area contributed by atoms with E-state index in [0.29, 0.717) is 5.88 Å². The highest BCUT2D eigenvalue weighted by molar-refractivity contribution is 7.92. The molecule has 1 unspecified atom stereocenters. The normalized spacial score (nSPS) is 13.9. The average Bonchev–Trinajstić information content (AvgIpc) is 3.10. The number of hydrogen-bond acceptors (Lipinski definition) is 7. The third-order valence-electron chi connectivity index (χ3n) is 5.83. The molecule has 0 radical (unpaired) electrons. The van der Waals surface area contributed by atoms with Gasteiger partial charge in [-0.05, 0) is 42.3 Å². The number of imide groups is 1. The molecule has 2 aromatic carbocycles. The van der Waals surface area contributed by atoms with Crippen LogP contribution in [0.4, 0.5) is 5.69 Å². The Hall–Kier alpha value is -4.25. The van der Waals surface area contributed by atoms with Gasteiger partial charge in [-0.3, -0.25) is 18.8 Å². The predicted octanol–water partition coefficient (Wildman–Crippen LogP) is 2.66. The summed E-state index contributed by atoms with van der Waals surface area (Å²) < 4.78 is 31.2. The minimum Gasteiger partial charge on any atom is -0.481 e. The number of carboxylic acids is 1. The monoisotopic (exact) mass is 509 g/mol. The van der Waals surface area contributed by atoms with Crippen molar-refractivity contribution in [2.75, 3.05) is 24.2 Å². The smallest absolute Gasteiger partial charge is 0.327 e. The van der Waals surface area contributed by atoms with Gasteiger partial charge in [0, 0.05) is 24.4 Å². The van der Waals surface area contributed by atoms with Crippen molar-refractivity contribution >= 4 is 33.5 Å². The van der Waals surface area contributed by atoms with Crippen LogP contribution in [0.25, 0.3) is 11.1 Å². The van der Waals surface area contributed by atoms with Crippen LogP contribution in [0.5, 0.6) is 5.88 Å². The van der Waals surface area contributed by atoms with Crippen LogP contribution in [0.1, 0.15) is 27.1 Å². The number of rotatable bonds is 9. The molecule has 0 saturated heterocycles. The van der Waals surface area contributed by atoms with Gasteiger partial charge in [0.25, 0.3) is 11.8 Å². The molecule has 1 aromatic heterocycles. The summed E-state index contributed by atoms with van der Waals surface area (Å²) in [4.78, 5) is 42.6. The summed E-state index contributed by atoms with van der Waals surface area (Å²) in [6, 6.07) is 14.5. The first kappa shape index (κ1) is 24.9. The highest BCUT2D eigenvalue weighted by Gasteiger charge is 2.38. The quantitative estimate of drug-likeness (QED) is 0.435. The Labute approximate surface area is 207 Å². The van der Waals surface area contributed by atoms with Gasteiger partial charge < -0.3 is 9.84 Å². The Kier molecular flexibility index (Phi) is 6.75. The van der Waals surface area contributed by atoms with Crippen molar-refractivity contribution in [3.05, 3.63) is 78.0 Å². The summed E-state index contributed by atoms with van der Waals surface area (Å²) >= 11 is 0. The lowest BCUT2D eigenvalue weighted by atomic mass is 10.1. The van der Waals surface area contributed by atoms with E-state index in [-0.39, 0.29) is 29.8 Å². The van der Waals surface area contributed by atoms with Gasteiger partial charge in [-0.2, -0.15) is 0 Å². The van der Waals surface area contributed by atoms with Gasteiger partial charge in [0.05, 0.1) is 30.2 Å². The number of aliphatic carboxylic acids is 1. The largest absolute Gasteiger partial charge is 0.481 e. The van der Waals surface area contributed by atoms with Gasteiger partial charge in [0.2, 0.25) is 15.9 Å². The zero-order valence-corrected chi connectivity index (χ0v) is 20.3. The Bertz CT molecular complexity index is 1390. The molecule has 36 heavy (non-hydrogen) atoms. The fraction of sp³-hybridized carbons (Fsp3) is 0.200. The van der Waals surface area contributed by atoms with E-state index in [2.05, 4.69) is 4.98 Å². The topological polar surface area (TPSA) is 134 Å². The number of sulfonamides is 1. The number of anilines is 1. The number of nitrogens with zero attached hydrogens (tertiary/aromatic N) is 3. The number of carboxylic acid groups (broad SMARTS) is 1. The zero-order chi connectivity index (χ0) is 26.0. The summed E-state index contributed by atoms with van der Waals surface area (Å²) in [5.41, 5.74) is 2.10. The average molecular weight is 510 g/mol. The zero-order valence-electron chi connectivity index (χ0n) is 19.5. The fourth-order valence-corrected chi connectivity index (χ4v) is 5.27. The first-order valence-electron chi connectivity index (χ1n) is 10.9. The first-order chi connectivity index (χ1) is 17.1. The summed E-state index contributed by atoms with van der Waals surface area (Å²) in [6.45, 7) is -0.259. The number of pyridine rings is 1. The molecule has 0 saturated carbocycles. The molecule has 4 rings (SSSR count). The molecular weight excluding hydrogens is 486 g/mol. The first-order valence-corrected chi connectivity index (χ1v) is 12.7. The molecule has 0 bridgehead atoms. The summed E-state index contributed by atoms with van der Waals surface area (Å²) in [5, 5.41) is 9.91. The SMILES string of the molecule is COc1ccc(-c2ccc(N(C(CCN3C(=O)c4ccccc4C3=O)C(=O)O)S(C)(=O)=O)cc2)cn1. The summed E-state index contributed by atoms with van der Waals surface area (Å²) in [6.07, 6.45) is 2.22. The van der Waals surface area contributed by atoms with Crippen LogP contribution < -0.4 is 9.04 Å². The number of hydrogen-bond donors (Lipinski definition) is 1. The van der Waals surface area contributed by atoms with Gasteiger partial charge in [-0.15, -0.1) is 0 Å². The molecule has 1 aliphatic heterocycles. The maximum Gasteiger partial charge on any atom is 0.327 e. The van der Waals surface area contributed by atoms with Gasteiger partial charge in [0.1, 0.15) is 6.04 Å². The number of aromatic nitrogens is 1. The van der Waals surface area contributed by atoms with Crippen LogP contribution in [-0.2, 0) is 14.8 Å². The second-order valence-corrected chi connectivity index (χ2v) is 10.0. The second-order valence-electron chi connectivity index (χ2n) is 8.15. The van der Waals surface area contributed by atoms with E-state index in [1.165, 1.54) is 31.4 Å². The minimum absolute atomic E-state index is 0.137. The number of carbonyl (C=O) groups excluding carboxylic acids is 2. The van der Waals surface area contributed by atoms with Crippen molar-refractivity contribution in [1.29, 1.82) is 0 Å². The minimum atomic E-state index is -4.04. The van der Waals surface area contributed by atoms with Crippen LogP contribution in [0.15, 0.2) is 66.9 Å². The van der Waals surface area contributed by atoms with Crippen LogP contribution >= 0.6 is 0 Å². The molecule has 1 aliphatic rings. The molecule has 186 valence electrons. The second kappa shape index (κ2) is 9.78. The van der Waals surface area contributed by atoms with Crippen molar-refractivity contribution in [1.82, 2.24) is 9.88 Å². The van der Waals surface area contributed by atoms with E-state index in [1.807, 2.05) is 0 Å². The Morgan fingerprint density at radius 1 is 1.00 bits per heavy atom. The molecule has 2 heterocycles. The van der Waals surface area contributed by atoms with Crippen LogP contribution in [0, 0.1) is 0 Å². The Morgan fingerprint density at radius 2 is 1.58 bits per heavy atom. The van der Waals surface area contributed by atoms with Crippen molar-refractivity contribution in [3.8, 4) is 17.0 Å². The number of methoxy groups -OCH3 is 1. The van der Waals surface area contributed by atoms with Crippen molar-refractivity contribution in [2.24, 2.45) is 0 Å². The standard InChI is InChI=1S/C25H23N3O7S/c1-35-22-12-9-17(15-26-22)16-7-10-18(11-8-16)28(36(2,33)34)21(25(31)32)13-14-27-23(29)19-5-3-4-6-20(19)24(27)30/h3-12,15,21H,13-14H2,1-2H3,(H,31,32). The van der Waals surface area contributed by atoms with E-state index in [4.69, 9.17) is 4.74 Å². The van der Waals surface area contributed by atoms with E-state index in [9.17, 15) is 27.9 Å².